The van der Waals surface area contributed by atoms with Crippen LogP contribution >= 0.6 is 0 Å². The molecular formula is C13H19NO7. The molecule has 0 amide bonds. The molecule has 1 heterocycles. The van der Waals surface area contributed by atoms with Crippen LogP contribution in [0.1, 0.15) is 0 Å². The van der Waals surface area contributed by atoms with E-state index in [1.165, 1.54) is 19.2 Å². The third-order valence-corrected chi connectivity index (χ3v) is 3.39. The Morgan fingerprint density at radius 3 is 2.48 bits per heavy atom. The second kappa shape index (κ2) is 6.46. The molecule has 1 fully saturated rings. The molecule has 1 aliphatic rings. The first-order valence-corrected chi connectivity index (χ1v) is 6.42. The lowest BCUT2D eigenvalue weighted by Gasteiger charge is -2.40. The fourth-order valence-corrected chi connectivity index (χ4v) is 2.13. The number of aliphatic hydroxyl groups excluding tert-OH is 4. The molecule has 0 radical (unpaired) electrons. The lowest BCUT2D eigenvalue weighted by Crippen LogP contribution is -2.60. The number of phenolic OH excluding ortho intramolecular Hbond substituents is 1. The number of hydrogen-bond donors (Lipinski definition) is 6. The highest BCUT2D eigenvalue weighted by atomic mass is 16.6. The predicted molar refractivity (Wildman–Crippen MR) is 72.0 cm³/mol. The van der Waals surface area contributed by atoms with Crippen LogP contribution in [0, 0.1) is 0 Å². The summed E-state index contributed by atoms with van der Waals surface area (Å²) in [7, 11) is 1.46. The minimum atomic E-state index is -1.48. The topological polar surface area (TPSA) is 132 Å². The first-order chi connectivity index (χ1) is 9.97. The van der Waals surface area contributed by atoms with Crippen molar-refractivity contribution in [3.8, 4) is 11.5 Å². The van der Waals surface area contributed by atoms with Gasteiger partial charge in [-0.2, -0.15) is 0 Å². The van der Waals surface area contributed by atoms with Gasteiger partial charge in [-0.25, -0.2) is 0 Å². The summed E-state index contributed by atoms with van der Waals surface area (Å²) in [6.07, 6.45) is -6.44. The summed E-state index contributed by atoms with van der Waals surface area (Å²) < 4.78 is 10.2. The van der Waals surface area contributed by atoms with E-state index in [9.17, 15) is 20.4 Å². The van der Waals surface area contributed by atoms with Gasteiger partial charge in [0.2, 0.25) is 0 Å². The van der Waals surface area contributed by atoms with Gasteiger partial charge in [-0.3, -0.25) is 0 Å². The molecule has 21 heavy (non-hydrogen) atoms. The molecule has 8 heteroatoms. The fourth-order valence-electron chi connectivity index (χ4n) is 2.13. The Balaban J connectivity index is 2.14. The van der Waals surface area contributed by atoms with Crippen molar-refractivity contribution in [3.05, 3.63) is 18.2 Å². The van der Waals surface area contributed by atoms with Crippen LogP contribution in [0.15, 0.2) is 18.2 Å². The Morgan fingerprint density at radius 1 is 1.19 bits per heavy atom. The minimum absolute atomic E-state index is 0.133. The van der Waals surface area contributed by atoms with E-state index in [1.807, 2.05) is 0 Å². The van der Waals surface area contributed by atoms with Gasteiger partial charge in [0.1, 0.15) is 35.9 Å². The van der Waals surface area contributed by atoms with Crippen LogP contribution in [-0.2, 0) is 4.74 Å². The average Bonchev–Trinajstić information content (AvgIpc) is 2.49. The third-order valence-electron chi connectivity index (χ3n) is 3.39. The number of phenols is 1. The molecule has 1 aromatic rings. The average molecular weight is 301 g/mol. The van der Waals surface area contributed by atoms with Crippen LogP contribution < -0.4 is 10.1 Å². The highest BCUT2D eigenvalue weighted by Gasteiger charge is 2.43. The molecule has 0 bridgehead atoms. The van der Waals surface area contributed by atoms with Gasteiger partial charge in [0.05, 0.1) is 19.4 Å². The summed E-state index contributed by atoms with van der Waals surface area (Å²) in [5.74, 6) is 0.318. The Hall–Kier alpha value is -1.58. The number of anilines is 1. The summed E-state index contributed by atoms with van der Waals surface area (Å²) in [4.78, 5) is 0. The SMILES string of the molecule is COc1ccc(N[C@@H]2O[C@H](CO)[C@@H](O)[C@H](O)[C@H]2O)c(O)c1. The second-order valence-electron chi connectivity index (χ2n) is 4.78. The van der Waals surface area contributed by atoms with Crippen LogP contribution in [0.25, 0.3) is 0 Å². The molecule has 0 unspecified atom stereocenters. The summed E-state index contributed by atoms with van der Waals surface area (Å²) in [6.45, 7) is -0.516. The normalized spacial score (nSPS) is 32.7. The number of hydrogen-bond acceptors (Lipinski definition) is 8. The number of aliphatic hydroxyl groups is 4. The molecule has 0 spiro atoms. The van der Waals surface area contributed by atoms with Crippen molar-refractivity contribution in [2.24, 2.45) is 0 Å². The maximum atomic E-state index is 9.89. The largest absolute Gasteiger partial charge is 0.506 e. The maximum absolute atomic E-state index is 9.89. The molecule has 0 aromatic heterocycles. The van der Waals surface area contributed by atoms with Crippen LogP contribution in [0.2, 0.25) is 0 Å². The molecule has 8 nitrogen and oxygen atoms in total. The van der Waals surface area contributed by atoms with E-state index in [-0.39, 0.29) is 11.4 Å². The first-order valence-electron chi connectivity index (χ1n) is 6.42. The number of rotatable bonds is 4. The zero-order chi connectivity index (χ0) is 15.6. The molecular weight excluding hydrogens is 282 g/mol. The van der Waals surface area contributed by atoms with E-state index in [0.29, 0.717) is 5.75 Å². The Morgan fingerprint density at radius 2 is 1.90 bits per heavy atom. The predicted octanol–water partition coefficient (Wildman–Crippen LogP) is -1.39. The summed E-state index contributed by atoms with van der Waals surface area (Å²) in [5, 5.41) is 50.9. The van der Waals surface area contributed by atoms with Crippen molar-refractivity contribution in [1.29, 1.82) is 0 Å². The van der Waals surface area contributed by atoms with Crippen molar-refractivity contribution in [2.75, 3.05) is 19.0 Å². The van der Waals surface area contributed by atoms with Crippen molar-refractivity contribution in [3.63, 3.8) is 0 Å². The summed E-state index contributed by atoms with van der Waals surface area (Å²) in [6, 6.07) is 4.47. The van der Waals surface area contributed by atoms with Crippen molar-refractivity contribution >= 4 is 5.69 Å². The maximum Gasteiger partial charge on any atom is 0.157 e. The molecule has 5 atom stereocenters. The number of benzene rings is 1. The second-order valence-corrected chi connectivity index (χ2v) is 4.78. The van der Waals surface area contributed by atoms with Gasteiger partial charge in [0.15, 0.2) is 6.23 Å². The van der Waals surface area contributed by atoms with Crippen LogP contribution in [0.4, 0.5) is 5.69 Å². The van der Waals surface area contributed by atoms with Crippen molar-refractivity contribution < 1.29 is 35.0 Å². The summed E-state index contributed by atoms with van der Waals surface area (Å²) >= 11 is 0. The first kappa shape index (κ1) is 15.8. The van der Waals surface area contributed by atoms with Gasteiger partial charge >= 0.3 is 0 Å². The van der Waals surface area contributed by atoms with E-state index in [4.69, 9.17) is 14.6 Å². The van der Waals surface area contributed by atoms with Gasteiger partial charge in [-0.15, -0.1) is 0 Å². The smallest absolute Gasteiger partial charge is 0.157 e. The lowest BCUT2D eigenvalue weighted by atomic mass is 9.98. The molecule has 2 rings (SSSR count). The number of ether oxygens (including phenoxy) is 2. The van der Waals surface area contributed by atoms with E-state index in [0.717, 1.165) is 0 Å². The number of nitrogens with one attached hydrogen (secondary N) is 1. The molecule has 1 aromatic carbocycles. The Labute approximate surface area is 121 Å². The zero-order valence-corrected chi connectivity index (χ0v) is 11.4. The third kappa shape index (κ3) is 3.20. The van der Waals surface area contributed by atoms with E-state index >= 15 is 0 Å². The van der Waals surface area contributed by atoms with E-state index in [1.54, 1.807) is 6.07 Å². The lowest BCUT2D eigenvalue weighted by molar-refractivity contribution is -0.221. The molecule has 1 saturated heterocycles. The monoisotopic (exact) mass is 301 g/mol. The highest BCUT2D eigenvalue weighted by molar-refractivity contribution is 5.58. The number of aromatic hydroxyl groups is 1. The van der Waals surface area contributed by atoms with E-state index in [2.05, 4.69) is 5.32 Å². The van der Waals surface area contributed by atoms with Gasteiger partial charge in [-0.1, -0.05) is 0 Å². The zero-order valence-electron chi connectivity index (χ0n) is 11.4. The highest BCUT2D eigenvalue weighted by Crippen LogP contribution is 2.30. The van der Waals surface area contributed by atoms with E-state index < -0.39 is 37.3 Å². The Kier molecular flexibility index (Phi) is 4.86. The van der Waals surface area contributed by atoms with Crippen molar-refractivity contribution in [2.45, 2.75) is 30.6 Å². The van der Waals surface area contributed by atoms with Crippen LogP contribution in [0.3, 0.4) is 0 Å². The van der Waals surface area contributed by atoms with Gasteiger partial charge in [0, 0.05) is 6.07 Å². The number of methoxy groups -OCH3 is 1. The van der Waals surface area contributed by atoms with Gasteiger partial charge in [-0.05, 0) is 12.1 Å². The Bertz CT molecular complexity index is 482. The molecule has 0 aliphatic carbocycles. The van der Waals surface area contributed by atoms with Crippen LogP contribution in [-0.4, -0.2) is 69.9 Å². The molecule has 1 aliphatic heterocycles. The minimum Gasteiger partial charge on any atom is -0.506 e. The van der Waals surface area contributed by atoms with Crippen LogP contribution in [0.5, 0.6) is 11.5 Å². The summed E-state index contributed by atoms with van der Waals surface area (Å²) in [5.41, 5.74) is 0.250. The standard InChI is InChI=1S/C13H19NO7/c1-20-6-2-3-7(8(16)4-6)14-13-12(19)11(18)10(17)9(5-15)21-13/h2-4,9-19H,5H2,1H3/t9-,10-,11+,12-,13-/m1/s1. The molecule has 118 valence electrons. The molecule has 6 N–H and O–H groups in total. The molecule has 0 saturated carbocycles. The quantitative estimate of drug-likeness (QED) is 0.375. The van der Waals surface area contributed by atoms with Crippen molar-refractivity contribution in [1.82, 2.24) is 0 Å². The fraction of sp³-hybridized carbons (Fsp3) is 0.538. The van der Waals surface area contributed by atoms with Gasteiger partial charge < -0.3 is 40.3 Å². The van der Waals surface area contributed by atoms with Gasteiger partial charge in [0.25, 0.3) is 0 Å².